The molecular formula is C16H28N6O4. The van der Waals surface area contributed by atoms with E-state index in [0.717, 1.165) is 12.8 Å². The molecule has 146 valence electrons. The molecule has 2 aromatic rings. The van der Waals surface area contributed by atoms with Gasteiger partial charge in [0.05, 0.1) is 13.2 Å². The maximum atomic E-state index is 11.8. The number of rotatable bonds is 12. The van der Waals surface area contributed by atoms with Crippen molar-refractivity contribution in [2.24, 2.45) is 0 Å². The summed E-state index contributed by atoms with van der Waals surface area (Å²) >= 11 is 0. The van der Waals surface area contributed by atoms with Gasteiger partial charge in [0.25, 0.3) is 5.56 Å². The molecule has 2 rings (SSSR count). The molecule has 0 aliphatic heterocycles. The number of anilines is 2. The molecule has 0 spiro atoms. The van der Waals surface area contributed by atoms with Gasteiger partial charge in [-0.1, -0.05) is 32.6 Å². The lowest BCUT2D eigenvalue weighted by molar-refractivity contribution is -0.0663. The molecule has 0 saturated carbocycles. The largest absolute Gasteiger partial charge is 0.394 e. The van der Waals surface area contributed by atoms with Gasteiger partial charge in [-0.2, -0.15) is 4.98 Å². The van der Waals surface area contributed by atoms with Crippen molar-refractivity contribution in [3.8, 4) is 0 Å². The third kappa shape index (κ3) is 5.41. The summed E-state index contributed by atoms with van der Waals surface area (Å²) in [5, 5.41) is 9.45. The number of nitrogens with two attached hydrogens (primary N) is 2. The van der Waals surface area contributed by atoms with Gasteiger partial charge in [-0.3, -0.25) is 14.3 Å². The van der Waals surface area contributed by atoms with Gasteiger partial charge < -0.3 is 26.0 Å². The molecule has 1 unspecified atom stereocenters. The number of ether oxygens (including phenoxy) is 2. The first kappa shape index (κ1) is 20.1. The van der Waals surface area contributed by atoms with Crippen LogP contribution >= 0.6 is 0 Å². The minimum Gasteiger partial charge on any atom is -0.394 e. The number of nitrogens with zero attached hydrogens (tertiary/aromatic N) is 3. The minimum absolute atomic E-state index is 0.0245. The Balaban J connectivity index is 1.85. The average Bonchev–Trinajstić information content (AvgIpc) is 2.93. The summed E-state index contributed by atoms with van der Waals surface area (Å²) in [6.07, 6.45) is 5.27. The van der Waals surface area contributed by atoms with E-state index in [-0.39, 0.29) is 43.0 Å². The van der Waals surface area contributed by atoms with Crippen LogP contribution in [0.5, 0.6) is 0 Å². The molecule has 10 nitrogen and oxygen atoms in total. The van der Waals surface area contributed by atoms with E-state index >= 15 is 0 Å². The van der Waals surface area contributed by atoms with E-state index in [2.05, 4.69) is 21.9 Å². The summed E-state index contributed by atoms with van der Waals surface area (Å²) in [4.78, 5) is 22.2. The number of aliphatic hydroxyl groups is 1. The van der Waals surface area contributed by atoms with Crippen LogP contribution in [0.4, 0.5) is 11.9 Å². The number of hydrogen-bond acceptors (Lipinski definition) is 8. The number of nitrogens with one attached hydrogen (secondary N) is 1. The smallest absolute Gasteiger partial charge is 0.280 e. The number of imidazole rings is 1. The quantitative estimate of drug-likeness (QED) is 0.397. The van der Waals surface area contributed by atoms with Crippen LogP contribution in [0.15, 0.2) is 4.79 Å². The van der Waals surface area contributed by atoms with Crippen LogP contribution in [0.3, 0.4) is 0 Å². The van der Waals surface area contributed by atoms with Crippen molar-refractivity contribution in [2.45, 2.75) is 51.9 Å². The normalized spacial score (nSPS) is 12.7. The minimum atomic E-state index is -0.512. The van der Waals surface area contributed by atoms with Crippen molar-refractivity contribution in [3.05, 3.63) is 10.4 Å². The number of nitrogen functional groups attached to an aromatic ring is 2. The standard InChI is InChI=1S/C16H28N6O4/c1-2-3-4-5-6-7-25-9-11(8-23)26-10-22-13-12(19-16(22)18)14(24)21-15(17)20-13/h11,23H,2-10H2,1H3,(H2,18,19)(H3,17,20,21,24). The molecule has 0 aliphatic rings. The van der Waals surface area contributed by atoms with E-state index in [9.17, 15) is 9.90 Å². The predicted molar refractivity (Wildman–Crippen MR) is 98.5 cm³/mol. The highest BCUT2D eigenvalue weighted by atomic mass is 16.5. The van der Waals surface area contributed by atoms with Crippen LogP contribution in [-0.2, 0) is 16.2 Å². The molecule has 0 bridgehead atoms. The average molecular weight is 368 g/mol. The zero-order valence-electron chi connectivity index (χ0n) is 15.1. The molecule has 0 aliphatic carbocycles. The van der Waals surface area contributed by atoms with Gasteiger partial charge >= 0.3 is 0 Å². The van der Waals surface area contributed by atoms with Gasteiger partial charge in [0.2, 0.25) is 11.9 Å². The Bertz CT molecular complexity index is 744. The first-order chi connectivity index (χ1) is 12.6. The third-order valence-electron chi connectivity index (χ3n) is 3.99. The first-order valence-electron chi connectivity index (χ1n) is 8.88. The number of aromatic nitrogens is 4. The number of fused-ring (bicyclic) bond motifs is 1. The Labute approximate surface area is 151 Å². The van der Waals surface area contributed by atoms with E-state index < -0.39 is 11.7 Å². The molecular weight excluding hydrogens is 340 g/mol. The second-order valence-electron chi connectivity index (χ2n) is 6.11. The Morgan fingerprint density at radius 1 is 1.23 bits per heavy atom. The number of unbranched alkanes of at least 4 members (excludes halogenated alkanes) is 4. The highest BCUT2D eigenvalue weighted by Gasteiger charge is 2.16. The van der Waals surface area contributed by atoms with E-state index in [0.29, 0.717) is 6.61 Å². The highest BCUT2D eigenvalue weighted by molar-refractivity contribution is 5.73. The summed E-state index contributed by atoms with van der Waals surface area (Å²) < 4.78 is 12.6. The molecule has 0 radical (unpaired) electrons. The lowest BCUT2D eigenvalue weighted by Gasteiger charge is -2.16. The van der Waals surface area contributed by atoms with Crippen molar-refractivity contribution in [3.63, 3.8) is 0 Å². The summed E-state index contributed by atoms with van der Waals surface area (Å²) in [7, 11) is 0. The molecule has 2 heterocycles. The number of H-pyrrole nitrogens is 1. The summed E-state index contributed by atoms with van der Waals surface area (Å²) in [5.74, 6) is 0.0471. The van der Waals surface area contributed by atoms with E-state index in [1.807, 2.05) is 0 Å². The van der Waals surface area contributed by atoms with Crippen molar-refractivity contribution >= 4 is 23.1 Å². The van der Waals surface area contributed by atoms with Crippen LogP contribution in [-0.4, -0.2) is 50.6 Å². The molecule has 10 heteroatoms. The van der Waals surface area contributed by atoms with Gasteiger partial charge in [-0.05, 0) is 6.42 Å². The number of hydrogen-bond donors (Lipinski definition) is 4. The van der Waals surface area contributed by atoms with E-state index in [1.54, 1.807) is 0 Å². The van der Waals surface area contributed by atoms with Crippen LogP contribution in [0, 0.1) is 0 Å². The maximum absolute atomic E-state index is 11.8. The van der Waals surface area contributed by atoms with Crippen LogP contribution < -0.4 is 17.0 Å². The zero-order chi connectivity index (χ0) is 18.9. The Hall–Kier alpha value is -2.17. The lowest BCUT2D eigenvalue weighted by Crippen LogP contribution is -2.26. The molecule has 6 N–H and O–H groups in total. The fraction of sp³-hybridized carbons (Fsp3) is 0.688. The third-order valence-corrected chi connectivity index (χ3v) is 3.99. The second-order valence-corrected chi connectivity index (χ2v) is 6.11. The number of aliphatic hydroxyl groups excluding tert-OH is 1. The first-order valence-corrected chi connectivity index (χ1v) is 8.88. The topological polar surface area (TPSA) is 154 Å². The van der Waals surface area contributed by atoms with Gasteiger partial charge in [-0.15, -0.1) is 0 Å². The van der Waals surface area contributed by atoms with Gasteiger partial charge in [0, 0.05) is 6.61 Å². The number of aromatic amines is 1. The van der Waals surface area contributed by atoms with E-state index in [1.165, 1.54) is 23.8 Å². The molecule has 1 atom stereocenters. The molecule has 0 amide bonds. The SMILES string of the molecule is CCCCCCCOCC(CO)OCn1c(N)nc2c(=O)[nH]c(N)nc21. The van der Waals surface area contributed by atoms with Gasteiger partial charge in [0.1, 0.15) is 12.8 Å². The molecule has 0 fully saturated rings. The van der Waals surface area contributed by atoms with Crippen LogP contribution in [0.2, 0.25) is 0 Å². The highest BCUT2D eigenvalue weighted by Crippen LogP contribution is 2.13. The lowest BCUT2D eigenvalue weighted by atomic mass is 10.2. The van der Waals surface area contributed by atoms with Crippen LogP contribution in [0.25, 0.3) is 11.2 Å². The summed E-state index contributed by atoms with van der Waals surface area (Å²) in [6, 6.07) is 0. The Kier molecular flexibility index (Phi) is 7.82. The van der Waals surface area contributed by atoms with Crippen molar-refractivity contribution in [2.75, 3.05) is 31.3 Å². The zero-order valence-corrected chi connectivity index (χ0v) is 15.1. The van der Waals surface area contributed by atoms with Crippen molar-refractivity contribution in [1.82, 2.24) is 19.5 Å². The molecule has 0 aromatic carbocycles. The van der Waals surface area contributed by atoms with Crippen LogP contribution in [0.1, 0.15) is 39.0 Å². The van der Waals surface area contributed by atoms with Crippen molar-refractivity contribution in [1.29, 1.82) is 0 Å². The molecule has 0 saturated heterocycles. The summed E-state index contributed by atoms with van der Waals surface area (Å²) in [5.41, 5.74) is 11.2. The summed E-state index contributed by atoms with van der Waals surface area (Å²) in [6.45, 7) is 2.86. The fourth-order valence-corrected chi connectivity index (χ4v) is 2.53. The Morgan fingerprint density at radius 3 is 2.73 bits per heavy atom. The Morgan fingerprint density at radius 2 is 2.00 bits per heavy atom. The predicted octanol–water partition coefficient (Wildman–Crippen LogP) is 0.606. The second kappa shape index (κ2) is 10.1. The van der Waals surface area contributed by atoms with Gasteiger partial charge in [-0.25, -0.2) is 4.98 Å². The molecule has 26 heavy (non-hydrogen) atoms. The van der Waals surface area contributed by atoms with Crippen molar-refractivity contribution < 1.29 is 14.6 Å². The maximum Gasteiger partial charge on any atom is 0.280 e. The monoisotopic (exact) mass is 368 g/mol. The van der Waals surface area contributed by atoms with E-state index in [4.69, 9.17) is 20.9 Å². The fourth-order valence-electron chi connectivity index (χ4n) is 2.53. The molecule has 2 aromatic heterocycles. The van der Waals surface area contributed by atoms with Gasteiger partial charge in [0.15, 0.2) is 11.2 Å².